The molecule has 3 nitrogen and oxygen atoms in total. The average Bonchev–Trinajstić information content (AvgIpc) is 2.62. The highest BCUT2D eigenvalue weighted by Crippen LogP contribution is 2.17. The number of aromatic amines is 1. The molecule has 0 saturated heterocycles. The number of hydrogen-bond donors (Lipinski definition) is 1. The average molecular weight is 186 g/mol. The van der Waals surface area contributed by atoms with Crippen molar-refractivity contribution < 1.29 is 4.79 Å². The molecular formula is C11H10N2O. The van der Waals surface area contributed by atoms with E-state index in [1.807, 2.05) is 24.4 Å². The lowest BCUT2D eigenvalue weighted by molar-refractivity contribution is -0.104. The van der Waals surface area contributed by atoms with E-state index in [9.17, 15) is 4.79 Å². The Bertz CT molecular complexity index is 497. The number of nitrogens with zero attached hydrogens (tertiary/aromatic N) is 1. The van der Waals surface area contributed by atoms with E-state index in [2.05, 4.69) is 9.97 Å². The second-order valence-corrected chi connectivity index (χ2v) is 3.15. The van der Waals surface area contributed by atoms with Gasteiger partial charge in [-0.15, -0.1) is 0 Å². The van der Waals surface area contributed by atoms with Crippen molar-refractivity contribution in [2.24, 2.45) is 0 Å². The quantitative estimate of drug-likeness (QED) is 0.577. The minimum Gasteiger partial charge on any atom is -0.346 e. The first-order chi connectivity index (χ1) is 6.81. The summed E-state index contributed by atoms with van der Waals surface area (Å²) >= 11 is 0. The summed E-state index contributed by atoms with van der Waals surface area (Å²) in [7, 11) is 0. The summed E-state index contributed by atoms with van der Waals surface area (Å²) in [4.78, 5) is 17.7. The molecule has 0 aromatic carbocycles. The normalized spacial score (nSPS) is 11.9. The molecule has 0 unspecified atom stereocenters. The molecule has 0 aliphatic rings. The summed E-state index contributed by atoms with van der Waals surface area (Å²) < 4.78 is 0. The van der Waals surface area contributed by atoms with Gasteiger partial charge in [0.25, 0.3) is 0 Å². The van der Waals surface area contributed by atoms with Crippen molar-refractivity contribution in [2.45, 2.75) is 6.92 Å². The van der Waals surface area contributed by atoms with Crippen molar-refractivity contribution >= 4 is 23.4 Å². The van der Waals surface area contributed by atoms with Crippen LogP contribution in [0.15, 0.2) is 30.1 Å². The first-order valence-corrected chi connectivity index (χ1v) is 4.37. The first kappa shape index (κ1) is 8.69. The number of allylic oxidation sites excluding steroid dienone is 1. The van der Waals surface area contributed by atoms with Crippen LogP contribution < -0.4 is 0 Å². The van der Waals surface area contributed by atoms with Gasteiger partial charge in [-0.25, -0.2) is 4.98 Å². The third-order valence-electron chi connectivity index (χ3n) is 2.05. The van der Waals surface area contributed by atoms with Crippen molar-refractivity contribution in [2.75, 3.05) is 0 Å². The van der Waals surface area contributed by atoms with Crippen LogP contribution in [0.25, 0.3) is 17.1 Å². The largest absolute Gasteiger partial charge is 0.346 e. The highest BCUT2D eigenvalue weighted by Gasteiger charge is 2.00. The number of aldehydes is 1. The number of aromatic nitrogens is 2. The molecule has 0 spiro atoms. The molecule has 1 N–H and O–H groups in total. The fourth-order valence-corrected chi connectivity index (χ4v) is 1.38. The van der Waals surface area contributed by atoms with E-state index >= 15 is 0 Å². The monoisotopic (exact) mass is 186 g/mol. The smallest absolute Gasteiger partial charge is 0.145 e. The standard InChI is InChI=1S/C11H10N2O/c1-8(7-14)5-9-6-13-11-10(9)3-2-4-12-11/h2-7H,1H3,(H,12,13). The van der Waals surface area contributed by atoms with E-state index in [4.69, 9.17) is 0 Å². The molecule has 0 atom stereocenters. The van der Waals surface area contributed by atoms with Crippen LogP contribution in [0.2, 0.25) is 0 Å². The van der Waals surface area contributed by atoms with Crippen LogP contribution in [0.4, 0.5) is 0 Å². The number of hydrogen-bond acceptors (Lipinski definition) is 2. The molecule has 70 valence electrons. The lowest BCUT2D eigenvalue weighted by Crippen LogP contribution is -1.76. The molecule has 2 rings (SSSR count). The van der Waals surface area contributed by atoms with Gasteiger partial charge in [0.2, 0.25) is 0 Å². The summed E-state index contributed by atoms with van der Waals surface area (Å²) in [5.74, 6) is 0. The highest BCUT2D eigenvalue weighted by molar-refractivity contribution is 5.90. The van der Waals surface area contributed by atoms with Crippen LogP contribution in [0, 0.1) is 0 Å². The van der Waals surface area contributed by atoms with Gasteiger partial charge in [0.1, 0.15) is 11.9 Å². The summed E-state index contributed by atoms with van der Waals surface area (Å²) in [6, 6.07) is 3.85. The zero-order chi connectivity index (χ0) is 9.97. The SMILES string of the molecule is CC(C=O)=Cc1c[nH]c2ncccc12. The Labute approximate surface area is 81.5 Å². The summed E-state index contributed by atoms with van der Waals surface area (Å²) in [6.45, 7) is 1.78. The first-order valence-electron chi connectivity index (χ1n) is 4.37. The molecule has 0 aliphatic heterocycles. The van der Waals surface area contributed by atoms with Crippen molar-refractivity contribution in [1.82, 2.24) is 9.97 Å². The van der Waals surface area contributed by atoms with Gasteiger partial charge in [-0.2, -0.15) is 0 Å². The van der Waals surface area contributed by atoms with E-state index < -0.39 is 0 Å². The number of carbonyl (C=O) groups excluding carboxylic acids is 1. The van der Waals surface area contributed by atoms with Crippen LogP contribution in [0.5, 0.6) is 0 Å². The maximum atomic E-state index is 10.5. The fourth-order valence-electron chi connectivity index (χ4n) is 1.38. The Hall–Kier alpha value is -1.90. The topological polar surface area (TPSA) is 45.8 Å². The second kappa shape index (κ2) is 3.46. The van der Waals surface area contributed by atoms with Crippen LogP contribution >= 0.6 is 0 Å². The molecule has 3 heteroatoms. The number of pyridine rings is 1. The fraction of sp³-hybridized carbons (Fsp3) is 0.0909. The molecule has 2 heterocycles. The maximum absolute atomic E-state index is 10.5. The minimum absolute atomic E-state index is 0.703. The zero-order valence-corrected chi connectivity index (χ0v) is 7.82. The molecule has 2 aromatic heterocycles. The third-order valence-corrected chi connectivity index (χ3v) is 2.05. The van der Waals surface area contributed by atoms with Gasteiger partial charge in [-0.3, -0.25) is 4.79 Å². The Morgan fingerprint density at radius 3 is 3.21 bits per heavy atom. The summed E-state index contributed by atoms with van der Waals surface area (Å²) in [5, 5.41) is 1.04. The molecule has 0 amide bonds. The third kappa shape index (κ3) is 1.44. The lowest BCUT2D eigenvalue weighted by atomic mass is 10.1. The molecule has 0 fully saturated rings. The summed E-state index contributed by atoms with van der Waals surface area (Å²) in [6.07, 6.45) is 6.27. The van der Waals surface area contributed by atoms with E-state index in [-0.39, 0.29) is 0 Å². The van der Waals surface area contributed by atoms with Gasteiger partial charge >= 0.3 is 0 Å². The maximum Gasteiger partial charge on any atom is 0.145 e. The van der Waals surface area contributed by atoms with Crippen LogP contribution in [0.1, 0.15) is 12.5 Å². The number of rotatable bonds is 2. The molecule has 0 saturated carbocycles. The van der Waals surface area contributed by atoms with E-state index in [1.165, 1.54) is 0 Å². The van der Waals surface area contributed by atoms with Crippen LogP contribution in [0.3, 0.4) is 0 Å². The lowest BCUT2D eigenvalue weighted by Gasteiger charge is -1.90. The number of H-pyrrole nitrogens is 1. The van der Waals surface area contributed by atoms with Crippen LogP contribution in [-0.2, 0) is 4.79 Å². The predicted octanol–water partition coefficient (Wildman–Crippen LogP) is 2.17. The van der Waals surface area contributed by atoms with E-state index in [1.54, 1.807) is 13.1 Å². The molecule has 0 bridgehead atoms. The second-order valence-electron chi connectivity index (χ2n) is 3.15. The Balaban J connectivity index is 2.59. The van der Waals surface area contributed by atoms with Gasteiger partial charge in [0.15, 0.2) is 0 Å². The van der Waals surface area contributed by atoms with Gasteiger partial charge in [0, 0.05) is 23.3 Å². The van der Waals surface area contributed by atoms with Crippen molar-refractivity contribution in [1.29, 1.82) is 0 Å². The van der Waals surface area contributed by atoms with Gasteiger partial charge < -0.3 is 4.98 Å². The van der Waals surface area contributed by atoms with Gasteiger partial charge in [-0.1, -0.05) is 0 Å². The molecule has 0 aliphatic carbocycles. The van der Waals surface area contributed by atoms with Crippen molar-refractivity contribution in [3.05, 3.63) is 35.7 Å². The Morgan fingerprint density at radius 1 is 1.57 bits per heavy atom. The van der Waals surface area contributed by atoms with E-state index in [0.717, 1.165) is 22.9 Å². The number of carbonyl (C=O) groups is 1. The Kier molecular flexibility index (Phi) is 2.14. The van der Waals surface area contributed by atoms with Crippen LogP contribution in [-0.4, -0.2) is 16.3 Å². The van der Waals surface area contributed by atoms with Crippen molar-refractivity contribution in [3.8, 4) is 0 Å². The van der Waals surface area contributed by atoms with Crippen molar-refractivity contribution in [3.63, 3.8) is 0 Å². The van der Waals surface area contributed by atoms with E-state index in [0.29, 0.717) is 5.57 Å². The molecule has 2 aromatic rings. The van der Waals surface area contributed by atoms with Gasteiger partial charge in [0.05, 0.1) is 0 Å². The minimum atomic E-state index is 0.703. The van der Waals surface area contributed by atoms with Gasteiger partial charge in [-0.05, 0) is 30.7 Å². The number of fused-ring (bicyclic) bond motifs is 1. The highest BCUT2D eigenvalue weighted by atomic mass is 16.1. The zero-order valence-electron chi connectivity index (χ0n) is 7.82. The Morgan fingerprint density at radius 2 is 2.43 bits per heavy atom. The number of nitrogens with one attached hydrogen (secondary N) is 1. The predicted molar refractivity (Wildman–Crippen MR) is 55.8 cm³/mol. The molecule has 14 heavy (non-hydrogen) atoms. The summed E-state index contributed by atoms with van der Waals surface area (Å²) in [5.41, 5.74) is 2.55. The molecular weight excluding hydrogens is 176 g/mol. The molecule has 0 radical (unpaired) electrons.